The van der Waals surface area contributed by atoms with E-state index in [4.69, 9.17) is 4.98 Å². The van der Waals surface area contributed by atoms with E-state index in [9.17, 15) is 17.6 Å². The van der Waals surface area contributed by atoms with E-state index in [0.717, 1.165) is 41.7 Å². The second kappa shape index (κ2) is 7.65. The minimum Gasteiger partial charge on any atom is -0.330 e. The van der Waals surface area contributed by atoms with Gasteiger partial charge in [-0.25, -0.2) is 9.37 Å². The smallest absolute Gasteiger partial charge is 0.330 e. The predicted molar refractivity (Wildman–Crippen MR) is 106 cm³/mol. The van der Waals surface area contributed by atoms with Gasteiger partial charge in [-0.3, -0.25) is 9.88 Å². The summed E-state index contributed by atoms with van der Waals surface area (Å²) in [6.07, 6.45) is -2.07. The average molecular weight is 420 g/mol. The molecule has 1 aliphatic heterocycles. The molecule has 4 nitrogen and oxygen atoms in total. The number of benzene rings is 1. The number of pyridine rings is 1. The number of rotatable bonds is 3. The Kier molecular flexibility index (Phi) is 5.30. The maximum Gasteiger partial charge on any atom is 0.416 e. The molecule has 30 heavy (non-hydrogen) atoms. The minimum atomic E-state index is -4.53. The molecule has 0 amide bonds. The number of aryl methyl sites for hydroxylation is 2. The van der Waals surface area contributed by atoms with Gasteiger partial charge in [0.2, 0.25) is 0 Å². The van der Waals surface area contributed by atoms with Gasteiger partial charge in [0.1, 0.15) is 17.2 Å². The predicted octanol–water partition coefficient (Wildman–Crippen LogP) is 5.06. The number of alkyl halides is 3. The molecule has 1 aliphatic rings. The number of nitrogens with zero attached hydrogens (tertiary/aromatic N) is 4. The maximum absolute atomic E-state index is 14.5. The topological polar surface area (TPSA) is 34.0 Å². The van der Waals surface area contributed by atoms with Crippen LogP contribution in [0.2, 0.25) is 0 Å². The van der Waals surface area contributed by atoms with Crippen molar-refractivity contribution in [2.75, 3.05) is 13.1 Å². The standard InChI is InChI=1S/C22H24F4N4/c1-13-11-30(12-20-28-21-14(2)27-8-6-19(21)29(20)3)9-7-16(13)17-5-4-15(10-18(17)23)22(24,25)26/h4-6,8,10,13,16H,7,9,11-12H2,1-3H3/t13-,16+/m0/s1. The van der Waals surface area contributed by atoms with Crippen LogP contribution in [0.15, 0.2) is 30.5 Å². The molecule has 0 N–H and O–H groups in total. The number of halogens is 4. The van der Waals surface area contributed by atoms with Crippen LogP contribution in [0.5, 0.6) is 0 Å². The van der Waals surface area contributed by atoms with E-state index in [-0.39, 0.29) is 11.8 Å². The summed E-state index contributed by atoms with van der Waals surface area (Å²) in [4.78, 5) is 11.3. The lowest BCUT2D eigenvalue weighted by atomic mass is 9.81. The van der Waals surface area contributed by atoms with Crippen LogP contribution in [0.1, 0.15) is 41.9 Å². The molecular weight excluding hydrogens is 396 g/mol. The molecule has 0 radical (unpaired) electrons. The molecule has 0 saturated carbocycles. The third-order valence-corrected chi connectivity index (χ3v) is 6.16. The van der Waals surface area contributed by atoms with Crippen molar-refractivity contribution in [3.8, 4) is 0 Å². The van der Waals surface area contributed by atoms with Crippen molar-refractivity contribution in [3.63, 3.8) is 0 Å². The van der Waals surface area contributed by atoms with Crippen LogP contribution >= 0.6 is 0 Å². The average Bonchev–Trinajstić information content (AvgIpc) is 2.99. The van der Waals surface area contributed by atoms with Crippen molar-refractivity contribution in [2.45, 2.75) is 38.9 Å². The zero-order valence-corrected chi connectivity index (χ0v) is 17.2. The highest BCUT2D eigenvalue weighted by Crippen LogP contribution is 2.37. The summed E-state index contributed by atoms with van der Waals surface area (Å²) in [5.41, 5.74) is 2.25. The largest absolute Gasteiger partial charge is 0.416 e. The number of hydrogen-bond acceptors (Lipinski definition) is 3. The highest BCUT2D eigenvalue weighted by atomic mass is 19.4. The van der Waals surface area contributed by atoms with Gasteiger partial charge in [-0.05, 0) is 55.5 Å². The molecule has 1 fully saturated rings. The van der Waals surface area contributed by atoms with Gasteiger partial charge in [-0.1, -0.05) is 13.0 Å². The van der Waals surface area contributed by atoms with Crippen LogP contribution in [0.25, 0.3) is 11.0 Å². The van der Waals surface area contributed by atoms with Crippen molar-refractivity contribution in [1.82, 2.24) is 19.4 Å². The van der Waals surface area contributed by atoms with E-state index in [1.807, 2.05) is 27.0 Å². The first kappa shape index (κ1) is 20.8. The Bertz CT molecular complexity index is 1070. The van der Waals surface area contributed by atoms with Crippen LogP contribution in [0.4, 0.5) is 17.6 Å². The van der Waals surface area contributed by atoms with E-state index in [1.54, 1.807) is 6.20 Å². The van der Waals surface area contributed by atoms with Crippen LogP contribution in [-0.4, -0.2) is 32.5 Å². The molecule has 0 bridgehead atoms. The zero-order chi connectivity index (χ0) is 21.6. The third kappa shape index (κ3) is 3.80. The van der Waals surface area contributed by atoms with Gasteiger partial charge in [0, 0.05) is 19.8 Å². The van der Waals surface area contributed by atoms with Gasteiger partial charge in [0.25, 0.3) is 0 Å². The van der Waals surface area contributed by atoms with E-state index >= 15 is 0 Å². The molecule has 3 aromatic rings. The summed E-state index contributed by atoms with van der Waals surface area (Å²) >= 11 is 0. The quantitative estimate of drug-likeness (QED) is 0.556. The van der Waals surface area contributed by atoms with Gasteiger partial charge in [-0.15, -0.1) is 0 Å². The van der Waals surface area contributed by atoms with Gasteiger partial charge < -0.3 is 4.57 Å². The third-order valence-electron chi connectivity index (χ3n) is 6.16. The molecule has 0 aliphatic carbocycles. The summed E-state index contributed by atoms with van der Waals surface area (Å²) in [6, 6.07) is 4.84. The summed E-state index contributed by atoms with van der Waals surface area (Å²) in [5.74, 6) is 0.180. The fourth-order valence-electron chi connectivity index (χ4n) is 4.48. The number of hydrogen-bond donors (Lipinski definition) is 0. The molecular formula is C22H24F4N4. The van der Waals surface area contributed by atoms with Crippen molar-refractivity contribution in [1.29, 1.82) is 0 Å². The maximum atomic E-state index is 14.5. The van der Waals surface area contributed by atoms with Crippen LogP contribution in [0.3, 0.4) is 0 Å². The normalized spacial score (nSPS) is 20.8. The molecule has 0 spiro atoms. The number of likely N-dealkylation sites (tertiary alicyclic amines) is 1. The fraction of sp³-hybridized carbons (Fsp3) is 0.455. The van der Waals surface area contributed by atoms with E-state index in [0.29, 0.717) is 24.6 Å². The number of aromatic nitrogens is 3. The minimum absolute atomic E-state index is 0.101. The highest BCUT2D eigenvalue weighted by molar-refractivity contribution is 5.77. The lowest BCUT2D eigenvalue weighted by Crippen LogP contribution is -2.38. The summed E-state index contributed by atoms with van der Waals surface area (Å²) in [6.45, 7) is 6.08. The lowest BCUT2D eigenvalue weighted by molar-refractivity contribution is -0.137. The Morgan fingerprint density at radius 3 is 2.60 bits per heavy atom. The lowest BCUT2D eigenvalue weighted by Gasteiger charge is -2.37. The molecule has 160 valence electrons. The summed E-state index contributed by atoms with van der Waals surface area (Å²) < 4.78 is 55.0. The SMILES string of the molecule is Cc1nccc2c1nc(CN1CC[C@@H](c3ccc(C(F)(F)F)cc3F)[C@@H](C)C1)n2C. The van der Waals surface area contributed by atoms with Crippen LogP contribution < -0.4 is 0 Å². The zero-order valence-electron chi connectivity index (χ0n) is 17.2. The number of piperidine rings is 1. The van der Waals surface area contributed by atoms with E-state index in [2.05, 4.69) is 14.5 Å². The Morgan fingerprint density at radius 1 is 1.20 bits per heavy atom. The van der Waals surface area contributed by atoms with Crippen molar-refractivity contribution < 1.29 is 17.6 Å². The number of imidazole rings is 1. The molecule has 8 heteroatoms. The van der Waals surface area contributed by atoms with Crippen molar-refractivity contribution >= 4 is 11.0 Å². The van der Waals surface area contributed by atoms with Crippen LogP contribution in [0, 0.1) is 18.7 Å². The van der Waals surface area contributed by atoms with Gasteiger partial charge in [0.05, 0.1) is 23.3 Å². The van der Waals surface area contributed by atoms with Crippen molar-refractivity contribution in [2.24, 2.45) is 13.0 Å². The first-order chi connectivity index (χ1) is 14.1. The van der Waals surface area contributed by atoms with Gasteiger partial charge in [-0.2, -0.15) is 13.2 Å². The molecule has 1 saturated heterocycles. The Labute approximate surface area is 172 Å². The monoisotopic (exact) mass is 420 g/mol. The Morgan fingerprint density at radius 2 is 1.97 bits per heavy atom. The van der Waals surface area contributed by atoms with Crippen molar-refractivity contribution in [3.05, 3.63) is 58.9 Å². The Balaban J connectivity index is 1.49. The molecule has 0 unspecified atom stereocenters. The van der Waals surface area contributed by atoms with Gasteiger partial charge >= 0.3 is 6.18 Å². The summed E-state index contributed by atoms with van der Waals surface area (Å²) in [7, 11) is 1.98. The first-order valence-electron chi connectivity index (χ1n) is 10.0. The fourth-order valence-corrected chi connectivity index (χ4v) is 4.48. The van der Waals surface area contributed by atoms with E-state index in [1.165, 1.54) is 6.07 Å². The molecule has 2 atom stereocenters. The molecule has 2 aromatic heterocycles. The second-order valence-corrected chi connectivity index (χ2v) is 8.19. The molecule has 3 heterocycles. The molecule has 1 aromatic carbocycles. The van der Waals surface area contributed by atoms with Gasteiger partial charge in [0.15, 0.2) is 0 Å². The Hall–Kier alpha value is -2.48. The van der Waals surface area contributed by atoms with E-state index < -0.39 is 17.6 Å². The molecule has 4 rings (SSSR count). The second-order valence-electron chi connectivity index (χ2n) is 8.19. The highest BCUT2D eigenvalue weighted by Gasteiger charge is 2.34. The van der Waals surface area contributed by atoms with Crippen LogP contribution in [-0.2, 0) is 19.8 Å². The summed E-state index contributed by atoms with van der Waals surface area (Å²) in [5, 5.41) is 0. The number of fused-ring (bicyclic) bond motifs is 1. The first-order valence-corrected chi connectivity index (χ1v) is 10.0.